The third-order valence-electron chi connectivity index (χ3n) is 5.42. The van der Waals surface area contributed by atoms with E-state index in [1.54, 1.807) is 13.0 Å². The number of carbonyl (C=O) groups is 1. The largest absolute Gasteiger partial charge is 0.417 e. The Kier molecular flexibility index (Phi) is 7.22. The van der Waals surface area contributed by atoms with Gasteiger partial charge in [0.15, 0.2) is 0 Å². The van der Waals surface area contributed by atoms with Crippen LogP contribution < -0.4 is 15.5 Å². The van der Waals surface area contributed by atoms with Crippen molar-refractivity contribution in [3.63, 3.8) is 0 Å². The first kappa shape index (κ1) is 24.4. The summed E-state index contributed by atoms with van der Waals surface area (Å²) >= 11 is 0. The van der Waals surface area contributed by atoms with E-state index in [-0.39, 0.29) is 23.4 Å². The van der Waals surface area contributed by atoms with E-state index in [1.807, 2.05) is 11.8 Å². The van der Waals surface area contributed by atoms with Crippen LogP contribution in [0.2, 0.25) is 0 Å². The number of carbonyl (C=O) groups excluding carboxylic acids is 1. The zero-order valence-electron chi connectivity index (χ0n) is 18.2. The highest BCUT2D eigenvalue weighted by Gasteiger charge is 2.36. The van der Waals surface area contributed by atoms with E-state index in [4.69, 9.17) is 0 Å². The molecule has 2 aromatic carbocycles. The Morgan fingerprint density at radius 2 is 1.94 bits per heavy atom. The lowest BCUT2D eigenvalue weighted by Crippen LogP contribution is -2.49. The Morgan fingerprint density at radius 1 is 1.21 bits per heavy atom. The molecular formula is C24H24F5N3O. The molecule has 0 spiro atoms. The highest BCUT2D eigenvalue weighted by molar-refractivity contribution is 6.07. The molecule has 176 valence electrons. The van der Waals surface area contributed by atoms with Crippen LogP contribution in [0.5, 0.6) is 0 Å². The van der Waals surface area contributed by atoms with Crippen LogP contribution in [0.1, 0.15) is 35.3 Å². The van der Waals surface area contributed by atoms with Gasteiger partial charge in [0, 0.05) is 31.2 Å². The zero-order valence-corrected chi connectivity index (χ0v) is 18.2. The number of nitrogens with zero attached hydrogens (tertiary/aromatic N) is 1. The number of halogens is 5. The Bertz CT molecular complexity index is 1090. The van der Waals surface area contributed by atoms with E-state index in [0.29, 0.717) is 30.9 Å². The number of piperazine rings is 1. The molecule has 0 unspecified atom stereocenters. The van der Waals surface area contributed by atoms with Gasteiger partial charge in [-0.3, -0.25) is 4.79 Å². The van der Waals surface area contributed by atoms with Crippen molar-refractivity contribution in [2.45, 2.75) is 26.1 Å². The minimum absolute atomic E-state index is 0.0817. The molecule has 1 saturated heterocycles. The summed E-state index contributed by atoms with van der Waals surface area (Å²) in [4.78, 5) is 14.8. The van der Waals surface area contributed by atoms with Crippen LogP contribution in [0.3, 0.4) is 0 Å². The first-order valence-corrected chi connectivity index (χ1v) is 10.3. The van der Waals surface area contributed by atoms with E-state index in [9.17, 15) is 26.7 Å². The molecule has 2 N–H and O–H groups in total. The molecule has 1 amide bonds. The van der Waals surface area contributed by atoms with Crippen LogP contribution in [0.25, 0.3) is 5.57 Å². The zero-order chi connectivity index (χ0) is 24.3. The Labute approximate surface area is 188 Å². The summed E-state index contributed by atoms with van der Waals surface area (Å²) in [6.07, 6.45) is -1.86. The summed E-state index contributed by atoms with van der Waals surface area (Å²) in [5.74, 6) is -2.74. The molecule has 0 aliphatic carbocycles. The van der Waals surface area contributed by atoms with Crippen LogP contribution in [0.15, 0.2) is 49.1 Å². The van der Waals surface area contributed by atoms with Gasteiger partial charge in [-0.2, -0.15) is 13.2 Å². The van der Waals surface area contributed by atoms with Crippen molar-refractivity contribution >= 4 is 22.9 Å². The number of allylic oxidation sites excluding steroid dienone is 3. The van der Waals surface area contributed by atoms with E-state index in [0.717, 1.165) is 12.1 Å². The molecule has 0 bridgehead atoms. The molecule has 3 rings (SSSR count). The Hall–Kier alpha value is -3.20. The molecule has 2 aromatic rings. The van der Waals surface area contributed by atoms with E-state index < -0.39 is 34.8 Å². The van der Waals surface area contributed by atoms with Gasteiger partial charge in [0.25, 0.3) is 5.91 Å². The maximum absolute atomic E-state index is 15.0. The fourth-order valence-electron chi connectivity index (χ4n) is 3.82. The first-order valence-electron chi connectivity index (χ1n) is 10.3. The number of hydrogen-bond donors (Lipinski definition) is 2. The smallest absolute Gasteiger partial charge is 0.367 e. The van der Waals surface area contributed by atoms with Gasteiger partial charge in [0.05, 0.1) is 22.5 Å². The molecule has 9 heteroatoms. The standard InChI is InChI=1S/C24H24F5N3O/c1-4-15(5-2)18-11-21(22(12-20(18)26)32-9-8-30-14(3)13-32)31-23(33)17-7-6-16(25)10-19(17)24(27,28)29/h4-7,10-12,14,30H,1,8-9,13H2,2-3H3,(H,31,33)/b15-5+/t14-/m0/s1. The molecule has 1 atom stereocenters. The van der Waals surface area contributed by atoms with E-state index >= 15 is 0 Å². The summed E-state index contributed by atoms with van der Waals surface area (Å²) in [5.41, 5.74) is -1.03. The second-order valence-electron chi connectivity index (χ2n) is 7.74. The molecule has 0 saturated carbocycles. The first-order chi connectivity index (χ1) is 15.5. The molecule has 0 radical (unpaired) electrons. The lowest BCUT2D eigenvalue weighted by atomic mass is 10.0. The highest BCUT2D eigenvalue weighted by atomic mass is 19.4. The molecule has 1 heterocycles. The molecule has 1 aliphatic rings. The SMILES string of the molecule is C=C/C(=C\C)c1cc(NC(=O)c2ccc(F)cc2C(F)(F)F)c(N2CCN[C@@H](C)C2)cc1F. The van der Waals surface area contributed by atoms with Gasteiger partial charge in [-0.25, -0.2) is 8.78 Å². The normalized spacial score (nSPS) is 17.1. The van der Waals surface area contributed by atoms with Gasteiger partial charge < -0.3 is 15.5 Å². The van der Waals surface area contributed by atoms with Crippen molar-refractivity contribution in [2.75, 3.05) is 29.9 Å². The predicted molar refractivity (Wildman–Crippen MR) is 119 cm³/mol. The topological polar surface area (TPSA) is 44.4 Å². The summed E-state index contributed by atoms with van der Waals surface area (Å²) in [7, 11) is 0. The van der Waals surface area contributed by atoms with Gasteiger partial charge in [0.2, 0.25) is 0 Å². The fraction of sp³-hybridized carbons (Fsp3) is 0.292. The summed E-state index contributed by atoms with van der Waals surface area (Å²) in [6, 6.07) is 4.56. The molecule has 1 fully saturated rings. The number of benzene rings is 2. The number of alkyl halides is 3. The number of hydrogen-bond acceptors (Lipinski definition) is 3. The molecule has 0 aromatic heterocycles. The highest BCUT2D eigenvalue weighted by Crippen LogP contribution is 2.36. The molecule has 4 nitrogen and oxygen atoms in total. The quantitative estimate of drug-likeness (QED) is 0.445. The maximum Gasteiger partial charge on any atom is 0.417 e. The molecule has 1 aliphatic heterocycles. The van der Waals surface area contributed by atoms with Crippen molar-refractivity contribution in [2.24, 2.45) is 0 Å². The number of amides is 1. The lowest BCUT2D eigenvalue weighted by Gasteiger charge is -2.35. The second kappa shape index (κ2) is 9.74. The fourth-order valence-corrected chi connectivity index (χ4v) is 3.82. The minimum Gasteiger partial charge on any atom is -0.367 e. The van der Waals surface area contributed by atoms with Crippen molar-refractivity contribution in [1.29, 1.82) is 0 Å². The summed E-state index contributed by atoms with van der Waals surface area (Å²) in [6.45, 7) is 8.91. The predicted octanol–water partition coefficient (Wildman–Crippen LogP) is 5.62. The third-order valence-corrected chi connectivity index (χ3v) is 5.42. The number of nitrogens with one attached hydrogen (secondary N) is 2. The van der Waals surface area contributed by atoms with Crippen LogP contribution in [0, 0.1) is 11.6 Å². The van der Waals surface area contributed by atoms with E-state index in [2.05, 4.69) is 17.2 Å². The number of rotatable bonds is 5. The van der Waals surface area contributed by atoms with Gasteiger partial charge in [-0.05, 0) is 49.8 Å². The summed E-state index contributed by atoms with van der Waals surface area (Å²) in [5, 5.41) is 5.74. The Morgan fingerprint density at radius 3 is 2.55 bits per heavy atom. The third kappa shape index (κ3) is 5.42. The Balaban J connectivity index is 2.10. The van der Waals surface area contributed by atoms with Crippen molar-refractivity contribution < 1.29 is 26.7 Å². The average molecular weight is 465 g/mol. The summed E-state index contributed by atoms with van der Waals surface area (Å²) < 4.78 is 68.7. The van der Waals surface area contributed by atoms with Crippen LogP contribution in [-0.4, -0.2) is 31.6 Å². The van der Waals surface area contributed by atoms with Crippen LogP contribution in [-0.2, 0) is 6.18 Å². The van der Waals surface area contributed by atoms with Crippen molar-refractivity contribution in [1.82, 2.24) is 5.32 Å². The van der Waals surface area contributed by atoms with Crippen LogP contribution >= 0.6 is 0 Å². The lowest BCUT2D eigenvalue weighted by molar-refractivity contribution is -0.138. The van der Waals surface area contributed by atoms with Crippen LogP contribution in [0.4, 0.5) is 33.3 Å². The van der Waals surface area contributed by atoms with Crippen molar-refractivity contribution in [3.05, 3.63) is 77.4 Å². The van der Waals surface area contributed by atoms with E-state index in [1.165, 1.54) is 18.2 Å². The van der Waals surface area contributed by atoms with Gasteiger partial charge in [0.1, 0.15) is 11.6 Å². The van der Waals surface area contributed by atoms with Crippen molar-refractivity contribution in [3.8, 4) is 0 Å². The van der Waals surface area contributed by atoms with Gasteiger partial charge in [-0.1, -0.05) is 18.7 Å². The monoisotopic (exact) mass is 465 g/mol. The minimum atomic E-state index is -4.93. The molecular weight excluding hydrogens is 441 g/mol. The molecule has 33 heavy (non-hydrogen) atoms. The average Bonchev–Trinajstić information content (AvgIpc) is 2.75. The second-order valence-corrected chi connectivity index (χ2v) is 7.74. The number of anilines is 2. The van der Waals surface area contributed by atoms with Gasteiger partial charge in [-0.15, -0.1) is 0 Å². The maximum atomic E-state index is 15.0. The van der Waals surface area contributed by atoms with Gasteiger partial charge >= 0.3 is 6.18 Å².